The molecule has 0 spiro atoms. The summed E-state index contributed by atoms with van der Waals surface area (Å²) in [5.74, 6) is -1.43. The average Bonchev–Trinajstić information content (AvgIpc) is 2.68. The maximum Gasteiger partial charge on any atom is 0.308 e. The molecule has 1 aliphatic rings. The normalized spacial score (nSPS) is 25.1. The monoisotopic (exact) mass is 237 g/mol. The minimum absolute atomic E-state index is 0.0173. The van der Waals surface area contributed by atoms with Crippen LogP contribution in [-0.2, 0) is 16.6 Å². The molecule has 2 heterocycles. The summed E-state index contributed by atoms with van der Waals surface area (Å²) in [6.45, 7) is 0. The zero-order chi connectivity index (χ0) is 12.6. The largest absolute Gasteiger partial charge is 0.481 e. The van der Waals surface area contributed by atoms with Crippen molar-refractivity contribution in [1.29, 1.82) is 0 Å². The number of amides is 1. The fourth-order valence-corrected chi connectivity index (χ4v) is 2.35. The van der Waals surface area contributed by atoms with Gasteiger partial charge in [-0.1, -0.05) is 0 Å². The van der Waals surface area contributed by atoms with Crippen LogP contribution in [0.2, 0.25) is 0 Å². The van der Waals surface area contributed by atoms with Gasteiger partial charge in [0.2, 0.25) is 5.91 Å². The number of carbonyl (C=O) groups is 2. The van der Waals surface area contributed by atoms with Crippen LogP contribution in [0.4, 0.5) is 0 Å². The van der Waals surface area contributed by atoms with Crippen molar-refractivity contribution in [3.05, 3.63) is 18.0 Å². The van der Waals surface area contributed by atoms with E-state index in [0.29, 0.717) is 12.8 Å². The molecule has 1 N–H and O–H groups in total. The Balaban J connectivity index is 2.36. The first-order valence-electron chi connectivity index (χ1n) is 5.47. The topological polar surface area (TPSA) is 75.4 Å². The fourth-order valence-electron chi connectivity index (χ4n) is 2.35. The maximum absolute atomic E-state index is 11.7. The Morgan fingerprint density at radius 1 is 1.53 bits per heavy atom. The summed E-state index contributed by atoms with van der Waals surface area (Å²) in [6.07, 6.45) is 4.06. The summed E-state index contributed by atoms with van der Waals surface area (Å²) >= 11 is 0. The van der Waals surface area contributed by atoms with Crippen molar-refractivity contribution in [3.8, 4) is 0 Å². The Morgan fingerprint density at radius 2 is 2.24 bits per heavy atom. The van der Waals surface area contributed by atoms with E-state index < -0.39 is 17.9 Å². The van der Waals surface area contributed by atoms with Crippen LogP contribution in [0, 0.1) is 5.92 Å². The second-order valence-corrected chi connectivity index (χ2v) is 4.38. The van der Waals surface area contributed by atoms with E-state index in [-0.39, 0.29) is 5.91 Å². The van der Waals surface area contributed by atoms with Gasteiger partial charge in [-0.25, -0.2) is 0 Å². The summed E-state index contributed by atoms with van der Waals surface area (Å²) < 4.78 is 1.61. The third-order valence-electron chi connectivity index (χ3n) is 3.24. The molecule has 0 aliphatic carbocycles. The number of hydrogen-bond acceptors (Lipinski definition) is 3. The van der Waals surface area contributed by atoms with Crippen LogP contribution in [0.1, 0.15) is 24.4 Å². The van der Waals surface area contributed by atoms with Gasteiger partial charge in [-0.3, -0.25) is 14.3 Å². The number of likely N-dealkylation sites (tertiary alicyclic amines) is 1. The predicted octanol–water partition coefficient (Wildman–Crippen LogP) is 0.414. The Bertz CT molecular complexity index is 455. The van der Waals surface area contributed by atoms with Crippen molar-refractivity contribution in [2.24, 2.45) is 13.0 Å². The maximum atomic E-state index is 11.7. The number of rotatable bonds is 2. The van der Waals surface area contributed by atoms with Gasteiger partial charge in [0.1, 0.15) is 0 Å². The van der Waals surface area contributed by atoms with E-state index in [4.69, 9.17) is 0 Å². The number of aliphatic carboxylic acids is 1. The Labute approximate surface area is 98.8 Å². The van der Waals surface area contributed by atoms with Crippen LogP contribution in [0.3, 0.4) is 0 Å². The smallest absolute Gasteiger partial charge is 0.308 e. The standard InChI is InChI=1S/C11H15N3O3/c1-13-6-7(5-12-13)10-8(11(16)17)3-4-9(15)14(10)2/h5-6,8,10H,3-4H2,1-2H3,(H,16,17)/t8-,10+/m0/s1. The van der Waals surface area contributed by atoms with Crippen LogP contribution < -0.4 is 0 Å². The second-order valence-electron chi connectivity index (χ2n) is 4.38. The highest BCUT2D eigenvalue weighted by Gasteiger charge is 2.39. The second kappa shape index (κ2) is 4.20. The number of hydrogen-bond donors (Lipinski definition) is 1. The SMILES string of the molecule is CN1C(=O)CC[C@H](C(=O)O)[C@H]1c1cnn(C)c1. The Kier molecular flexibility index (Phi) is 2.87. The van der Waals surface area contributed by atoms with E-state index in [9.17, 15) is 14.7 Å². The van der Waals surface area contributed by atoms with E-state index in [1.165, 1.54) is 4.90 Å². The predicted molar refractivity (Wildman–Crippen MR) is 59.1 cm³/mol. The first kappa shape index (κ1) is 11.6. The Morgan fingerprint density at radius 3 is 2.76 bits per heavy atom. The molecule has 0 saturated carbocycles. The zero-order valence-electron chi connectivity index (χ0n) is 9.83. The van der Waals surface area contributed by atoms with E-state index in [2.05, 4.69) is 5.10 Å². The molecule has 92 valence electrons. The molecule has 1 aromatic heterocycles. The first-order valence-corrected chi connectivity index (χ1v) is 5.47. The van der Waals surface area contributed by atoms with Gasteiger partial charge in [-0.2, -0.15) is 5.10 Å². The van der Waals surface area contributed by atoms with Crippen molar-refractivity contribution in [2.75, 3.05) is 7.05 Å². The Hall–Kier alpha value is -1.85. The molecule has 0 aromatic carbocycles. The molecule has 0 radical (unpaired) electrons. The summed E-state index contributed by atoms with van der Waals surface area (Å²) in [6, 6.07) is -0.414. The highest BCUT2D eigenvalue weighted by atomic mass is 16.4. The van der Waals surface area contributed by atoms with Crippen LogP contribution in [0.25, 0.3) is 0 Å². The third-order valence-corrected chi connectivity index (χ3v) is 3.24. The van der Waals surface area contributed by atoms with Gasteiger partial charge in [0.25, 0.3) is 0 Å². The van der Waals surface area contributed by atoms with E-state index in [0.717, 1.165) is 5.56 Å². The minimum atomic E-state index is -0.863. The molecule has 0 unspecified atom stereocenters. The molecular formula is C11H15N3O3. The molecule has 1 saturated heterocycles. The van der Waals surface area contributed by atoms with Crippen molar-refractivity contribution < 1.29 is 14.7 Å². The summed E-state index contributed by atoms with van der Waals surface area (Å²) in [4.78, 5) is 24.4. The molecular weight excluding hydrogens is 222 g/mol. The quantitative estimate of drug-likeness (QED) is 0.808. The molecule has 1 fully saturated rings. The van der Waals surface area contributed by atoms with Gasteiger partial charge >= 0.3 is 5.97 Å². The van der Waals surface area contributed by atoms with Crippen molar-refractivity contribution >= 4 is 11.9 Å². The van der Waals surface area contributed by atoms with Gasteiger partial charge in [0.05, 0.1) is 18.2 Å². The number of aromatic nitrogens is 2. The fraction of sp³-hybridized carbons (Fsp3) is 0.545. The molecule has 6 nitrogen and oxygen atoms in total. The van der Waals surface area contributed by atoms with Gasteiger partial charge in [-0.15, -0.1) is 0 Å². The van der Waals surface area contributed by atoms with Gasteiger partial charge in [0.15, 0.2) is 0 Å². The van der Waals surface area contributed by atoms with Gasteiger partial charge < -0.3 is 10.0 Å². The number of piperidine rings is 1. The van der Waals surface area contributed by atoms with Crippen molar-refractivity contribution in [2.45, 2.75) is 18.9 Å². The zero-order valence-corrected chi connectivity index (χ0v) is 9.83. The van der Waals surface area contributed by atoms with Gasteiger partial charge in [-0.05, 0) is 6.42 Å². The molecule has 1 aromatic rings. The average molecular weight is 237 g/mol. The lowest BCUT2D eigenvalue weighted by Crippen LogP contribution is -2.42. The lowest BCUT2D eigenvalue weighted by Gasteiger charge is -2.36. The van der Waals surface area contributed by atoms with Crippen LogP contribution in [0.5, 0.6) is 0 Å². The third kappa shape index (κ3) is 2.02. The molecule has 17 heavy (non-hydrogen) atoms. The van der Waals surface area contributed by atoms with E-state index in [1.54, 1.807) is 31.2 Å². The number of nitrogens with zero attached hydrogens (tertiary/aromatic N) is 3. The molecule has 2 rings (SSSR count). The van der Waals surface area contributed by atoms with Crippen LogP contribution >= 0.6 is 0 Å². The molecule has 6 heteroatoms. The lowest BCUT2D eigenvalue weighted by atomic mass is 9.86. The highest BCUT2D eigenvalue weighted by molar-refractivity contribution is 5.81. The highest BCUT2D eigenvalue weighted by Crippen LogP contribution is 2.35. The summed E-state index contributed by atoms with van der Waals surface area (Å²) in [5.41, 5.74) is 0.774. The summed E-state index contributed by atoms with van der Waals surface area (Å²) in [5, 5.41) is 13.2. The van der Waals surface area contributed by atoms with Crippen LogP contribution in [-0.4, -0.2) is 38.7 Å². The number of aryl methyl sites for hydroxylation is 1. The van der Waals surface area contributed by atoms with Gasteiger partial charge in [0, 0.05) is 32.3 Å². The van der Waals surface area contributed by atoms with E-state index in [1.807, 2.05) is 0 Å². The molecule has 2 atom stereocenters. The molecule has 1 aliphatic heterocycles. The van der Waals surface area contributed by atoms with Crippen molar-refractivity contribution in [3.63, 3.8) is 0 Å². The minimum Gasteiger partial charge on any atom is -0.481 e. The lowest BCUT2D eigenvalue weighted by molar-refractivity contribution is -0.150. The first-order chi connectivity index (χ1) is 8.00. The molecule has 0 bridgehead atoms. The number of carboxylic acids is 1. The van der Waals surface area contributed by atoms with Crippen molar-refractivity contribution in [1.82, 2.24) is 14.7 Å². The summed E-state index contributed by atoms with van der Waals surface area (Å²) in [7, 11) is 3.42. The number of carboxylic acid groups (broad SMARTS) is 1. The van der Waals surface area contributed by atoms with Crippen LogP contribution in [0.15, 0.2) is 12.4 Å². The van der Waals surface area contributed by atoms with E-state index >= 15 is 0 Å². The molecule has 1 amide bonds. The number of carbonyl (C=O) groups excluding carboxylic acids is 1.